The van der Waals surface area contributed by atoms with Crippen molar-refractivity contribution >= 4 is 57.1 Å². The van der Waals surface area contributed by atoms with Crippen LogP contribution in [0.1, 0.15) is 22.3 Å². The van der Waals surface area contributed by atoms with Gasteiger partial charge in [0.25, 0.3) is 11.8 Å². The van der Waals surface area contributed by atoms with E-state index in [0.717, 1.165) is 26.1 Å². The first-order chi connectivity index (χ1) is 16.2. The van der Waals surface area contributed by atoms with Crippen LogP contribution in [-0.4, -0.2) is 17.8 Å². The van der Waals surface area contributed by atoms with Gasteiger partial charge in [-0.15, -0.1) is 0 Å². The second kappa shape index (κ2) is 9.83. The number of benzene rings is 3. The summed E-state index contributed by atoms with van der Waals surface area (Å²) in [6, 6.07) is 17.1. The predicted octanol–water partition coefficient (Wildman–Crippen LogP) is 5.96. The van der Waals surface area contributed by atoms with Crippen molar-refractivity contribution in [1.82, 2.24) is 5.32 Å². The number of halogens is 2. The molecule has 0 saturated carbocycles. The van der Waals surface area contributed by atoms with Crippen LogP contribution >= 0.6 is 27.5 Å². The molecular weight excluding hydrogens is 520 g/mol. The third-order valence-electron chi connectivity index (χ3n) is 5.25. The van der Waals surface area contributed by atoms with Crippen LogP contribution in [0.25, 0.3) is 6.08 Å². The topological polar surface area (TPSA) is 75.7 Å². The third kappa shape index (κ3) is 5.05. The van der Waals surface area contributed by atoms with Gasteiger partial charge >= 0.3 is 6.03 Å². The number of ether oxygens (including phenoxy) is 1. The number of carbonyl (C=O) groups excluding carboxylic acids is 3. The van der Waals surface area contributed by atoms with Gasteiger partial charge in [0.05, 0.1) is 5.69 Å². The molecule has 1 heterocycles. The van der Waals surface area contributed by atoms with Crippen LogP contribution in [0.15, 0.2) is 70.7 Å². The number of hydrogen-bond acceptors (Lipinski definition) is 4. The van der Waals surface area contributed by atoms with Gasteiger partial charge in [0, 0.05) is 15.1 Å². The number of urea groups is 1. The van der Waals surface area contributed by atoms with Crippen molar-refractivity contribution in [3.63, 3.8) is 0 Å². The van der Waals surface area contributed by atoms with E-state index in [1.807, 2.05) is 25.1 Å². The van der Waals surface area contributed by atoms with Crippen LogP contribution in [0.3, 0.4) is 0 Å². The Balaban J connectivity index is 1.69. The average molecular weight is 540 g/mol. The summed E-state index contributed by atoms with van der Waals surface area (Å²) < 4.78 is 6.70. The number of nitrogens with one attached hydrogen (secondary N) is 1. The largest absolute Gasteiger partial charge is 0.488 e. The van der Waals surface area contributed by atoms with Crippen molar-refractivity contribution in [3.8, 4) is 5.75 Å². The molecule has 3 aromatic rings. The lowest BCUT2D eigenvalue weighted by Gasteiger charge is -2.27. The molecule has 4 amide bonds. The number of nitrogens with zero attached hydrogens (tertiary/aromatic N) is 1. The number of hydrogen-bond donors (Lipinski definition) is 1. The van der Waals surface area contributed by atoms with Crippen molar-refractivity contribution in [3.05, 3.63) is 98.0 Å². The highest BCUT2D eigenvalue weighted by molar-refractivity contribution is 9.10. The van der Waals surface area contributed by atoms with Crippen LogP contribution in [-0.2, 0) is 16.2 Å². The molecular formula is C26H20BrClN2O4. The van der Waals surface area contributed by atoms with Gasteiger partial charge in [-0.05, 0) is 67.4 Å². The monoisotopic (exact) mass is 538 g/mol. The number of carbonyl (C=O) groups is 3. The van der Waals surface area contributed by atoms with E-state index < -0.39 is 17.8 Å². The van der Waals surface area contributed by atoms with Gasteiger partial charge in [0.1, 0.15) is 17.9 Å². The quantitative estimate of drug-likeness (QED) is 0.320. The van der Waals surface area contributed by atoms with E-state index in [4.69, 9.17) is 16.3 Å². The number of amides is 4. The standard InChI is InChI=1S/C26H20BrClN2O4/c1-15-6-8-22(16(2)10-15)30-25(32)21(24(31)29-26(30)33)13-18-12-19(27)7-9-23(18)34-14-17-4-3-5-20(28)11-17/h3-13H,14H2,1-2H3,(H,29,31,33)/b21-13+. The first kappa shape index (κ1) is 23.7. The molecule has 0 aromatic heterocycles. The van der Waals surface area contributed by atoms with Gasteiger partial charge in [-0.2, -0.15) is 0 Å². The number of rotatable bonds is 5. The second-order valence-corrected chi connectivity index (χ2v) is 9.20. The highest BCUT2D eigenvalue weighted by Gasteiger charge is 2.37. The predicted molar refractivity (Wildman–Crippen MR) is 135 cm³/mol. The molecule has 172 valence electrons. The minimum Gasteiger partial charge on any atom is -0.488 e. The van der Waals surface area contributed by atoms with E-state index in [0.29, 0.717) is 22.0 Å². The SMILES string of the molecule is Cc1ccc(N2C(=O)NC(=O)/C(=C\c3cc(Br)ccc3OCc3cccc(Cl)c3)C2=O)c(C)c1. The average Bonchev–Trinajstić information content (AvgIpc) is 2.77. The zero-order valence-corrected chi connectivity index (χ0v) is 20.7. The van der Waals surface area contributed by atoms with Crippen molar-refractivity contribution < 1.29 is 19.1 Å². The van der Waals surface area contributed by atoms with Crippen molar-refractivity contribution in [2.24, 2.45) is 0 Å². The maximum atomic E-state index is 13.3. The summed E-state index contributed by atoms with van der Waals surface area (Å²) in [7, 11) is 0. The van der Waals surface area contributed by atoms with Crippen LogP contribution in [0.2, 0.25) is 5.02 Å². The van der Waals surface area contributed by atoms with Crippen molar-refractivity contribution in [2.75, 3.05) is 4.90 Å². The first-order valence-corrected chi connectivity index (χ1v) is 11.6. The molecule has 0 atom stereocenters. The van der Waals surface area contributed by atoms with Gasteiger partial charge in [-0.3, -0.25) is 14.9 Å². The number of imide groups is 2. The molecule has 1 N–H and O–H groups in total. The zero-order chi connectivity index (χ0) is 24.4. The molecule has 1 saturated heterocycles. The second-order valence-electron chi connectivity index (χ2n) is 7.85. The minimum atomic E-state index is -0.786. The smallest absolute Gasteiger partial charge is 0.335 e. The number of aryl methyl sites for hydroxylation is 2. The van der Waals surface area contributed by atoms with Crippen molar-refractivity contribution in [1.29, 1.82) is 0 Å². The molecule has 3 aromatic carbocycles. The van der Waals surface area contributed by atoms with E-state index in [1.165, 1.54) is 6.08 Å². The first-order valence-electron chi connectivity index (χ1n) is 10.4. The molecule has 6 nitrogen and oxygen atoms in total. The summed E-state index contributed by atoms with van der Waals surface area (Å²) in [6.07, 6.45) is 1.43. The zero-order valence-electron chi connectivity index (χ0n) is 18.4. The lowest BCUT2D eigenvalue weighted by atomic mass is 10.0. The third-order valence-corrected chi connectivity index (χ3v) is 5.98. The van der Waals surface area contributed by atoms with Crippen LogP contribution in [0.4, 0.5) is 10.5 Å². The maximum absolute atomic E-state index is 13.3. The Morgan fingerprint density at radius 3 is 2.56 bits per heavy atom. The minimum absolute atomic E-state index is 0.176. The van der Waals surface area contributed by atoms with E-state index >= 15 is 0 Å². The highest BCUT2D eigenvalue weighted by Crippen LogP contribution is 2.30. The lowest BCUT2D eigenvalue weighted by Crippen LogP contribution is -2.54. The summed E-state index contributed by atoms with van der Waals surface area (Å²) in [5, 5.41) is 2.86. The molecule has 0 bridgehead atoms. The molecule has 1 aliphatic heterocycles. The Morgan fingerprint density at radius 1 is 1.03 bits per heavy atom. The summed E-state index contributed by atoms with van der Waals surface area (Å²) in [6.45, 7) is 3.96. The van der Waals surface area contributed by atoms with Gasteiger partial charge in [-0.25, -0.2) is 9.69 Å². The normalized spacial score (nSPS) is 15.0. The van der Waals surface area contributed by atoms with E-state index in [-0.39, 0.29) is 12.2 Å². The molecule has 4 rings (SSSR count). The van der Waals surface area contributed by atoms with E-state index in [1.54, 1.807) is 49.4 Å². The Hall–Kier alpha value is -3.42. The van der Waals surface area contributed by atoms with Gasteiger partial charge < -0.3 is 4.74 Å². The molecule has 0 spiro atoms. The van der Waals surface area contributed by atoms with Crippen LogP contribution in [0.5, 0.6) is 5.75 Å². The van der Waals surface area contributed by atoms with Crippen LogP contribution < -0.4 is 15.0 Å². The van der Waals surface area contributed by atoms with Gasteiger partial charge in [-0.1, -0.05) is 57.4 Å². The molecule has 0 unspecified atom stereocenters. The fraction of sp³-hybridized carbons (Fsp3) is 0.115. The Morgan fingerprint density at radius 2 is 1.82 bits per heavy atom. The molecule has 8 heteroatoms. The van der Waals surface area contributed by atoms with Crippen molar-refractivity contribution in [2.45, 2.75) is 20.5 Å². The number of anilines is 1. The Labute approximate surface area is 210 Å². The van der Waals surface area contributed by atoms with Gasteiger partial charge in [0.2, 0.25) is 0 Å². The molecule has 34 heavy (non-hydrogen) atoms. The summed E-state index contributed by atoms with van der Waals surface area (Å²) in [5.41, 5.74) is 3.35. The molecule has 1 aliphatic rings. The summed E-state index contributed by atoms with van der Waals surface area (Å²) in [5.74, 6) is -1.01. The summed E-state index contributed by atoms with van der Waals surface area (Å²) >= 11 is 9.47. The molecule has 0 radical (unpaired) electrons. The van der Waals surface area contributed by atoms with Crippen LogP contribution in [0, 0.1) is 13.8 Å². The fourth-order valence-electron chi connectivity index (χ4n) is 3.64. The highest BCUT2D eigenvalue weighted by atomic mass is 79.9. The Bertz CT molecular complexity index is 1350. The Kier molecular flexibility index (Phi) is 6.86. The molecule has 1 fully saturated rings. The van der Waals surface area contributed by atoms with E-state index in [9.17, 15) is 14.4 Å². The lowest BCUT2D eigenvalue weighted by molar-refractivity contribution is -0.122. The number of barbiturate groups is 1. The summed E-state index contributed by atoms with van der Waals surface area (Å²) in [4.78, 5) is 39.5. The molecule has 0 aliphatic carbocycles. The maximum Gasteiger partial charge on any atom is 0.335 e. The van der Waals surface area contributed by atoms with Gasteiger partial charge in [0.15, 0.2) is 0 Å². The fourth-order valence-corrected chi connectivity index (χ4v) is 4.23. The van der Waals surface area contributed by atoms with E-state index in [2.05, 4.69) is 21.2 Å².